The van der Waals surface area contributed by atoms with Crippen LogP contribution in [-0.4, -0.2) is 72.2 Å². The zero-order valence-corrected chi connectivity index (χ0v) is 22.9. The monoisotopic (exact) mass is 553 g/mol. The van der Waals surface area contributed by atoms with Gasteiger partial charge in [-0.3, -0.25) is 13.9 Å². The highest BCUT2D eigenvalue weighted by Gasteiger charge is 2.29. The third kappa shape index (κ3) is 6.32. The number of carbonyl (C=O) groups is 2. The molecule has 3 aromatic carbocycles. The van der Waals surface area contributed by atoms with Gasteiger partial charge in [-0.15, -0.1) is 0 Å². The van der Waals surface area contributed by atoms with Gasteiger partial charge in [0.15, 0.2) is 11.5 Å². The summed E-state index contributed by atoms with van der Waals surface area (Å²) in [6, 6.07) is 17.6. The summed E-state index contributed by atoms with van der Waals surface area (Å²) in [7, 11) is -1.25. The van der Waals surface area contributed by atoms with Crippen LogP contribution in [0.25, 0.3) is 0 Å². The predicted octanol–water partition coefficient (Wildman–Crippen LogP) is 3.32. The fraction of sp³-hybridized carbons (Fsp3) is 0.286. The third-order valence-corrected chi connectivity index (χ3v) is 8.07. The number of nitrogens with one attached hydrogen (secondary N) is 1. The lowest BCUT2D eigenvalue weighted by Gasteiger charge is -2.28. The zero-order chi connectivity index (χ0) is 28.0. The number of morpholine rings is 1. The predicted molar refractivity (Wildman–Crippen MR) is 147 cm³/mol. The number of sulfonamides is 1. The van der Waals surface area contributed by atoms with E-state index in [-0.39, 0.29) is 16.5 Å². The molecule has 0 atom stereocenters. The van der Waals surface area contributed by atoms with E-state index in [2.05, 4.69) is 5.32 Å². The largest absolute Gasteiger partial charge is 0.493 e. The molecule has 0 unspecified atom stereocenters. The lowest BCUT2D eigenvalue weighted by molar-refractivity contribution is -0.114. The summed E-state index contributed by atoms with van der Waals surface area (Å²) in [5.41, 5.74) is 1.71. The van der Waals surface area contributed by atoms with Gasteiger partial charge in [0.1, 0.15) is 6.54 Å². The van der Waals surface area contributed by atoms with E-state index >= 15 is 0 Å². The molecule has 3 aromatic rings. The average molecular weight is 554 g/mol. The Kier molecular flexibility index (Phi) is 8.72. The highest BCUT2D eigenvalue weighted by molar-refractivity contribution is 7.92. The molecule has 1 saturated heterocycles. The van der Waals surface area contributed by atoms with Crippen molar-refractivity contribution in [3.63, 3.8) is 0 Å². The van der Waals surface area contributed by atoms with E-state index in [9.17, 15) is 18.0 Å². The molecular formula is C28H31N3O7S. The highest BCUT2D eigenvalue weighted by atomic mass is 32.2. The summed E-state index contributed by atoms with van der Waals surface area (Å²) in [4.78, 5) is 28.2. The number of hydrogen-bond acceptors (Lipinski definition) is 7. The number of rotatable bonds is 9. The van der Waals surface area contributed by atoms with Gasteiger partial charge in [-0.25, -0.2) is 8.42 Å². The Morgan fingerprint density at radius 2 is 1.62 bits per heavy atom. The third-order valence-electron chi connectivity index (χ3n) is 6.28. The second-order valence-electron chi connectivity index (χ2n) is 8.86. The van der Waals surface area contributed by atoms with Gasteiger partial charge in [0.2, 0.25) is 5.91 Å². The first-order chi connectivity index (χ1) is 18.7. The van der Waals surface area contributed by atoms with Crippen LogP contribution in [0.5, 0.6) is 11.5 Å². The maximum absolute atomic E-state index is 13.8. The van der Waals surface area contributed by atoms with Gasteiger partial charge in [-0.2, -0.15) is 0 Å². The molecule has 1 fully saturated rings. The lowest BCUT2D eigenvalue weighted by Crippen LogP contribution is -2.41. The van der Waals surface area contributed by atoms with Crippen molar-refractivity contribution < 1.29 is 32.2 Å². The van der Waals surface area contributed by atoms with Crippen LogP contribution < -0.4 is 19.1 Å². The summed E-state index contributed by atoms with van der Waals surface area (Å²) in [6.45, 7) is 3.08. The smallest absolute Gasteiger partial charge is 0.264 e. The molecule has 1 aliphatic rings. The molecule has 2 amide bonds. The molecule has 0 saturated carbocycles. The van der Waals surface area contributed by atoms with Gasteiger partial charge in [-0.1, -0.05) is 29.8 Å². The van der Waals surface area contributed by atoms with Crippen molar-refractivity contribution in [2.75, 3.05) is 56.7 Å². The maximum atomic E-state index is 13.8. The van der Waals surface area contributed by atoms with Crippen molar-refractivity contribution in [2.45, 2.75) is 11.8 Å². The van der Waals surface area contributed by atoms with E-state index in [0.29, 0.717) is 49.1 Å². The second kappa shape index (κ2) is 12.2. The van der Waals surface area contributed by atoms with E-state index < -0.39 is 22.5 Å². The number of methoxy groups -OCH3 is 2. The first kappa shape index (κ1) is 27.9. The van der Waals surface area contributed by atoms with Crippen LogP contribution in [0.2, 0.25) is 0 Å². The molecule has 0 spiro atoms. The Hall–Kier alpha value is -4.09. The Balaban J connectivity index is 1.66. The molecule has 11 heteroatoms. The van der Waals surface area contributed by atoms with Crippen LogP contribution in [-0.2, 0) is 19.6 Å². The van der Waals surface area contributed by atoms with E-state index in [1.807, 2.05) is 6.92 Å². The SMILES string of the molecule is COc1ccc(N(CC(=O)Nc2ccccc2C(=O)N2CCOCC2)S(=O)(=O)c2ccc(C)cc2)cc1OC. The van der Waals surface area contributed by atoms with Gasteiger partial charge >= 0.3 is 0 Å². The van der Waals surface area contributed by atoms with Crippen LogP contribution in [0.3, 0.4) is 0 Å². The molecule has 206 valence electrons. The van der Waals surface area contributed by atoms with Gasteiger partial charge in [0.05, 0.1) is 49.3 Å². The maximum Gasteiger partial charge on any atom is 0.264 e. The minimum atomic E-state index is -4.16. The number of carbonyl (C=O) groups excluding carboxylic acids is 2. The highest BCUT2D eigenvalue weighted by Crippen LogP contribution is 2.34. The molecule has 4 rings (SSSR count). The molecule has 1 aliphatic heterocycles. The number of aryl methyl sites for hydroxylation is 1. The molecule has 1 heterocycles. The van der Waals surface area contributed by atoms with Gasteiger partial charge < -0.3 is 24.4 Å². The number of benzene rings is 3. The molecule has 10 nitrogen and oxygen atoms in total. The summed E-state index contributed by atoms with van der Waals surface area (Å²) in [6.07, 6.45) is 0. The van der Waals surface area contributed by atoms with Crippen molar-refractivity contribution in [1.82, 2.24) is 4.90 Å². The van der Waals surface area contributed by atoms with E-state index in [1.165, 1.54) is 38.5 Å². The number of ether oxygens (including phenoxy) is 3. The number of amides is 2. The molecule has 1 N–H and O–H groups in total. The lowest BCUT2D eigenvalue weighted by atomic mass is 10.1. The van der Waals surface area contributed by atoms with Crippen LogP contribution in [0.4, 0.5) is 11.4 Å². The van der Waals surface area contributed by atoms with E-state index in [0.717, 1.165) is 9.87 Å². The Morgan fingerprint density at radius 1 is 0.949 bits per heavy atom. The minimum absolute atomic E-state index is 0.0265. The topological polar surface area (TPSA) is 114 Å². The quantitative estimate of drug-likeness (QED) is 0.432. The van der Waals surface area contributed by atoms with Crippen LogP contribution in [0, 0.1) is 6.92 Å². The Bertz CT molecular complexity index is 1440. The summed E-state index contributed by atoms with van der Waals surface area (Å²) in [5.74, 6) is -0.143. The van der Waals surface area contributed by atoms with Gasteiger partial charge in [0.25, 0.3) is 15.9 Å². The second-order valence-corrected chi connectivity index (χ2v) is 10.7. The van der Waals surface area contributed by atoms with Crippen molar-refractivity contribution in [2.24, 2.45) is 0 Å². The number of nitrogens with zero attached hydrogens (tertiary/aromatic N) is 2. The Morgan fingerprint density at radius 3 is 2.28 bits per heavy atom. The fourth-order valence-electron chi connectivity index (χ4n) is 4.17. The van der Waals surface area contributed by atoms with Crippen molar-refractivity contribution >= 4 is 33.2 Å². The normalized spacial score (nSPS) is 13.5. The van der Waals surface area contributed by atoms with Gasteiger partial charge in [0, 0.05) is 19.2 Å². The molecular weight excluding hydrogens is 522 g/mol. The molecule has 39 heavy (non-hydrogen) atoms. The summed E-state index contributed by atoms with van der Waals surface area (Å²) >= 11 is 0. The van der Waals surface area contributed by atoms with Gasteiger partial charge in [-0.05, 0) is 43.3 Å². The average Bonchev–Trinajstić information content (AvgIpc) is 2.96. The summed E-state index contributed by atoms with van der Waals surface area (Å²) in [5, 5.41) is 2.73. The van der Waals surface area contributed by atoms with Crippen LogP contribution in [0.1, 0.15) is 15.9 Å². The van der Waals surface area contributed by atoms with Crippen LogP contribution in [0.15, 0.2) is 71.6 Å². The molecule has 0 aromatic heterocycles. The van der Waals surface area contributed by atoms with Crippen LogP contribution >= 0.6 is 0 Å². The number of anilines is 2. The first-order valence-electron chi connectivity index (χ1n) is 12.3. The standard InChI is InChI=1S/C28H31N3O7S/c1-20-8-11-22(12-9-20)39(34,35)31(21-10-13-25(36-2)26(18-21)37-3)19-27(32)29-24-7-5-4-6-23(24)28(33)30-14-16-38-17-15-30/h4-13,18H,14-17,19H2,1-3H3,(H,29,32). The fourth-order valence-corrected chi connectivity index (χ4v) is 5.58. The number of para-hydroxylation sites is 1. The molecule has 0 radical (unpaired) electrons. The summed E-state index contributed by atoms with van der Waals surface area (Å²) < 4.78 is 44.5. The van der Waals surface area contributed by atoms with Crippen molar-refractivity contribution in [3.8, 4) is 11.5 Å². The Labute approximate surface area is 228 Å². The van der Waals surface area contributed by atoms with E-state index in [4.69, 9.17) is 14.2 Å². The van der Waals surface area contributed by atoms with Crippen molar-refractivity contribution in [3.05, 3.63) is 77.9 Å². The number of hydrogen-bond donors (Lipinski definition) is 1. The molecule has 0 aliphatic carbocycles. The molecule has 0 bridgehead atoms. The minimum Gasteiger partial charge on any atom is -0.493 e. The first-order valence-corrected chi connectivity index (χ1v) is 13.8. The van der Waals surface area contributed by atoms with Crippen molar-refractivity contribution in [1.29, 1.82) is 0 Å². The zero-order valence-electron chi connectivity index (χ0n) is 22.0. The van der Waals surface area contributed by atoms with E-state index in [1.54, 1.807) is 47.4 Å².